The fourth-order valence-electron chi connectivity index (χ4n) is 1.39. The number of carboxylic acid groups (broad SMARTS) is 1. The Morgan fingerprint density at radius 2 is 1.88 bits per heavy atom. The monoisotopic (exact) mass is 284 g/mol. The van der Waals surface area contributed by atoms with Gasteiger partial charge in [-0.1, -0.05) is 20.8 Å². The second kappa shape index (κ2) is 7.10. The summed E-state index contributed by atoms with van der Waals surface area (Å²) in [4.78, 5) is 10.9. The normalized spacial score (nSPS) is 15.8. The van der Waals surface area contributed by atoms with E-state index < -0.39 is 31.9 Å². The highest BCUT2D eigenvalue weighted by Gasteiger charge is 2.27. The van der Waals surface area contributed by atoms with Crippen molar-refractivity contribution >= 4 is 26.6 Å². The molecule has 5 nitrogen and oxygen atoms in total. The van der Waals surface area contributed by atoms with E-state index >= 15 is 0 Å². The number of sulfone groups is 1. The van der Waals surface area contributed by atoms with Gasteiger partial charge in [-0.15, -0.1) is 0 Å². The molecular weight excluding hydrogens is 264 g/mol. The van der Waals surface area contributed by atoms with Crippen LogP contribution in [0.1, 0.15) is 27.2 Å². The van der Waals surface area contributed by atoms with Gasteiger partial charge >= 0.3 is 5.97 Å². The van der Waals surface area contributed by atoms with Crippen molar-refractivity contribution in [3.05, 3.63) is 0 Å². The summed E-state index contributed by atoms with van der Waals surface area (Å²) in [6, 6.07) is 0. The summed E-state index contributed by atoms with van der Waals surface area (Å²) in [7, 11) is -4.58. The molecule has 0 aromatic carbocycles. The number of hydrogen-bond acceptors (Lipinski definition) is 4. The van der Waals surface area contributed by atoms with Gasteiger partial charge in [0, 0.05) is 22.3 Å². The van der Waals surface area contributed by atoms with E-state index in [1.54, 1.807) is 20.8 Å². The lowest BCUT2D eigenvalue weighted by molar-refractivity contribution is -0.137. The van der Waals surface area contributed by atoms with Gasteiger partial charge in [0.15, 0.2) is 0 Å². The van der Waals surface area contributed by atoms with Gasteiger partial charge < -0.3 is 5.11 Å². The smallest absolute Gasteiger partial charge is 0.319 e. The van der Waals surface area contributed by atoms with Crippen LogP contribution in [-0.4, -0.2) is 46.2 Å². The molecule has 17 heavy (non-hydrogen) atoms. The van der Waals surface area contributed by atoms with E-state index in [4.69, 9.17) is 5.11 Å². The molecule has 0 aliphatic heterocycles. The average molecular weight is 284 g/mol. The highest BCUT2D eigenvalue weighted by molar-refractivity contribution is 7.91. The van der Waals surface area contributed by atoms with E-state index in [-0.39, 0.29) is 29.6 Å². The van der Waals surface area contributed by atoms with Crippen LogP contribution in [-0.2, 0) is 25.4 Å². The van der Waals surface area contributed by atoms with Crippen LogP contribution in [0.3, 0.4) is 0 Å². The van der Waals surface area contributed by atoms with E-state index in [0.717, 1.165) is 0 Å². The molecule has 0 heterocycles. The zero-order chi connectivity index (χ0) is 13.6. The Hall–Kier alpha value is -0.430. The third kappa shape index (κ3) is 6.16. The largest absolute Gasteiger partial charge is 0.480 e. The number of carboxylic acids is 1. The molecule has 0 fully saturated rings. The fraction of sp³-hybridized carbons (Fsp3) is 0.900. The van der Waals surface area contributed by atoms with Crippen LogP contribution in [0.25, 0.3) is 0 Å². The maximum atomic E-state index is 11.7. The van der Waals surface area contributed by atoms with Crippen molar-refractivity contribution in [3.8, 4) is 0 Å². The van der Waals surface area contributed by atoms with Crippen LogP contribution in [0.15, 0.2) is 0 Å². The van der Waals surface area contributed by atoms with E-state index in [2.05, 4.69) is 0 Å². The summed E-state index contributed by atoms with van der Waals surface area (Å²) in [6.45, 7) is 4.94. The van der Waals surface area contributed by atoms with Crippen LogP contribution in [0.5, 0.6) is 0 Å². The van der Waals surface area contributed by atoms with E-state index in [1.807, 2.05) is 0 Å². The summed E-state index contributed by atoms with van der Waals surface area (Å²) in [5, 5.41) is 7.99. The van der Waals surface area contributed by atoms with Gasteiger partial charge in [-0.2, -0.15) is 0 Å². The zero-order valence-electron chi connectivity index (χ0n) is 10.4. The third-order valence-electron chi connectivity index (χ3n) is 2.37. The summed E-state index contributed by atoms with van der Waals surface area (Å²) in [6.07, 6.45) is 0.249. The lowest BCUT2D eigenvalue weighted by Gasteiger charge is -2.15. The van der Waals surface area contributed by atoms with Crippen LogP contribution >= 0.6 is 0 Å². The highest BCUT2D eigenvalue weighted by atomic mass is 32.2. The zero-order valence-corrected chi connectivity index (χ0v) is 12.0. The summed E-state index contributed by atoms with van der Waals surface area (Å²) < 4.78 is 34.1. The lowest BCUT2D eigenvalue weighted by Crippen LogP contribution is -2.32. The van der Waals surface area contributed by atoms with Gasteiger partial charge in [0.05, 0.1) is 5.75 Å². The van der Waals surface area contributed by atoms with Crippen molar-refractivity contribution in [1.82, 2.24) is 0 Å². The minimum Gasteiger partial charge on any atom is -0.480 e. The molecule has 1 N–H and O–H groups in total. The van der Waals surface area contributed by atoms with Crippen molar-refractivity contribution in [3.63, 3.8) is 0 Å². The van der Waals surface area contributed by atoms with Gasteiger partial charge in [-0.05, 0) is 12.3 Å². The Balaban J connectivity index is 4.31. The first kappa shape index (κ1) is 16.6. The molecular formula is C10H20O5S2. The first-order chi connectivity index (χ1) is 7.71. The quantitative estimate of drug-likeness (QED) is 0.707. The Kier molecular flexibility index (Phi) is 6.92. The minimum atomic E-state index is -3.06. The number of rotatable bonds is 8. The SMILES string of the molecule is CCS(=O)(=O)CCCS(=O)C(C(=O)O)C(C)C. The molecule has 0 bridgehead atoms. The minimum absolute atomic E-state index is 0.0281. The van der Waals surface area contributed by atoms with Crippen LogP contribution < -0.4 is 0 Å². The predicted octanol–water partition coefficient (Wildman–Crippen LogP) is 0.669. The summed E-state index contributed by atoms with van der Waals surface area (Å²) in [5.74, 6) is -1.16. The van der Waals surface area contributed by atoms with E-state index in [1.165, 1.54) is 0 Å². The van der Waals surface area contributed by atoms with Crippen molar-refractivity contribution in [1.29, 1.82) is 0 Å². The van der Waals surface area contributed by atoms with Crippen LogP contribution in [0.4, 0.5) is 0 Å². The van der Waals surface area contributed by atoms with Crippen molar-refractivity contribution in [2.24, 2.45) is 5.92 Å². The summed E-state index contributed by atoms with van der Waals surface area (Å²) >= 11 is 0. The maximum absolute atomic E-state index is 11.7. The number of aliphatic carboxylic acids is 1. The van der Waals surface area contributed by atoms with Gasteiger partial charge in [-0.3, -0.25) is 9.00 Å². The topological polar surface area (TPSA) is 88.5 Å². The molecule has 2 unspecified atom stereocenters. The van der Waals surface area contributed by atoms with E-state index in [0.29, 0.717) is 0 Å². The van der Waals surface area contributed by atoms with Crippen LogP contribution in [0.2, 0.25) is 0 Å². The molecule has 7 heteroatoms. The molecule has 0 amide bonds. The number of hydrogen-bond donors (Lipinski definition) is 1. The molecule has 0 rings (SSSR count). The molecule has 0 aromatic heterocycles. The highest BCUT2D eigenvalue weighted by Crippen LogP contribution is 2.11. The molecule has 102 valence electrons. The molecule has 0 aliphatic carbocycles. The Bertz CT molecular complexity index is 372. The molecule has 0 saturated carbocycles. The van der Waals surface area contributed by atoms with Gasteiger partial charge in [0.1, 0.15) is 15.1 Å². The Morgan fingerprint density at radius 1 is 1.35 bits per heavy atom. The second-order valence-corrected chi connectivity index (χ2v) is 8.33. The average Bonchev–Trinajstić information content (AvgIpc) is 2.16. The Labute approximate surface area is 105 Å². The summed E-state index contributed by atoms with van der Waals surface area (Å²) in [5.41, 5.74) is 0. The molecule has 0 saturated heterocycles. The first-order valence-electron chi connectivity index (χ1n) is 5.51. The Morgan fingerprint density at radius 3 is 2.24 bits per heavy atom. The first-order valence-corrected chi connectivity index (χ1v) is 8.72. The van der Waals surface area contributed by atoms with Gasteiger partial charge in [0.25, 0.3) is 0 Å². The van der Waals surface area contributed by atoms with Crippen molar-refractivity contribution < 1.29 is 22.5 Å². The van der Waals surface area contributed by atoms with Crippen LogP contribution in [0, 0.1) is 5.92 Å². The van der Waals surface area contributed by atoms with Gasteiger partial charge in [-0.25, -0.2) is 8.42 Å². The lowest BCUT2D eigenvalue weighted by atomic mass is 10.1. The fourth-order valence-corrected chi connectivity index (χ4v) is 3.96. The molecule has 0 aromatic rings. The van der Waals surface area contributed by atoms with E-state index in [9.17, 15) is 17.4 Å². The standard InChI is InChI=1S/C10H20O5S2/c1-4-17(14,15)7-5-6-16(13)9(8(2)3)10(11)12/h8-9H,4-7H2,1-3H3,(H,11,12). The molecule has 0 radical (unpaired) electrons. The molecule has 0 aliphatic rings. The maximum Gasteiger partial charge on any atom is 0.319 e. The number of carbonyl (C=O) groups is 1. The molecule has 0 spiro atoms. The predicted molar refractivity (Wildman–Crippen MR) is 68.2 cm³/mol. The second-order valence-electron chi connectivity index (χ2n) is 4.18. The van der Waals surface area contributed by atoms with Gasteiger partial charge in [0.2, 0.25) is 0 Å². The van der Waals surface area contributed by atoms with Crippen molar-refractivity contribution in [2.75, 3.05) is 17.3 Å². The molecule has 2 atom stereocenters. The van der Waals surface area contributed by atoms with Crippen molar-refractivity contribution in [2.45, 2.75) is 32.4 Å². The third-order valence-corrected chi connectivity index (χ3v) is 6.17.